The molecule has 182 valence electrons. The molecular formula is C24H21BrClN3O5S. The SMILES string of the molecule is CCOc1cc(/C=N\NC(=O)CSc2ccc([N+](=O)[O-])cc2)c(Br)cc1OCc1ccccc1Cl. The van der Waals surface area contributed by atoms with Gasteiger partial charge in [0.1, 0.15) is 6.61 Å². The molecule has 35 heavy (non-hydrogen) atoms. The predicted octanol–water partition coefficient (Wildman–Crippen LogP) is 6.23. The lowest BCUT2D eigenvalue weighted by Crippen LogP contribution is -2.19. The van der Waals surface area contributed by atoms with Crippen LogP contribution < -0.4 is 14.9 Å². The van der Waals surface area contributed by atoms with E-state index in [1.54, 1.807) is 30.3 Å². The number of carbonyl (C=O) groups is 1. The predicted molar refractivity (Wildman–Crippen MR) is 141 cm³/mol. The van der Waals surface area contributed by atoms with Crippen LogP contribution in [0, 0.1) is 10.1 Å². The number of nitrogens with one attached hydrogen (secondary N) is 1. The Morgan fingerprint density at radius 2 is 1.89 bits per heavy atom. The number of hydrazone groups is 1. The molecule has 1 N–H and O–H groups in total. The molecule has 0 fully saturated rings. The van der Waals surface area contributed by atoms with Crippen molar-refractivity contribution in [3.63, 3.8) is 0 Å². The number of nitro benzene ring substituents is 1. The lowest BCUT2D eigenvalue weighted by atomic mass is 10.2. The van der Waals surface area contributed by atoms with Gasteiger partial charge in [0.2, 0.25) is 5.91 Å². The average Bonchev–Trinajstić information content (AvgIpc) is 2.84. The molecule has 0 saturated carbocycles. The van der Waals surface area contributed by atoms with Crippen molar-refractivity contribution in [2.24, 2.45) is 5.10 Å². The van der Waals surface area contributed by atoms with Gasteiger partial charge in [0.05, 0.1) is 23.5 Å². The Kier molecular flexibility index (Phi) is 9.95. The summed E-state index contributed by atoms with van der Waals surface area (Å²) in [5.41, 5.74) is 4.01. The van der Waals surface area contributed by atoms with Crippen LogP contribution in [0.15, 0.2) is 75.1 Å². The summed E-state index contributed by atoms with van der Waals surface area (Å²) in [6.45, 7) is 2.59. The zero-order valence-electron chi connectivity index (χ0n) is 18.6. The molecule has 0 bridgehead atoms. The van der Waals surface area contributed by atoms with Crippen molar-refractivity contribution >= 4 is 57.1 Å². The Hall–Kier alpha value is -3.08. The molecule has 3 aromatic rings. The zero-order chi connectivity index (χ0) is 25.2. The molecule has 11 heteroatoms. The maximum atomic E-state index is 12.1. The molecule has 3 rings (SSSR count). The fraction of sp³-hybridized carbons (Fsp3) is 0.167. The largest absolute Gasteiger partial charge is 0.490 e. The van der Waals surface area contributed by atoms with Crippen molar-refractivity contribution < 1.29 is 19.2 Å². The van der Waals surface area contributed by atoms with E-state index in [0.29, 0.717) is 33.2 Å². The van der Waals surface area contributed by atoms with Gasteiger partial charge in [-0.2, -0.15) is 5.10 Å². The quantitative estimate of drug-likeness (QED) is 0.125. The highest BCUT2D eigenvalue weighted by molar-refractivity contribution is 9.10. The molecule has 8 nitrogen and oxygen atoms in total. The number of non-ortho nitro benzene ring substituents is 1. The van der Waals surface area contributed by atoms with Gasteiger partial charge in [-0.1, -0.05) is 29.8 Å². The Labute approximate surface area is 219 Å². The van der Waals surface area contributed by atoms with Crippen molar-refractivity contribution in [2.75, 3.05) is 12.4 Å². The standard InChI is InChI=1S/C24H21BrClN3O5S/c1-2-33-22-11-17(20(25)12-23(22)34-14-16-5-3-4-6-21(16)26)13-27-28-24(30)15-35-19-9-7-18(8-10-19)29(31)32/h3-13H,2,14-15H2,1H3,(H,28,30)/b27-13-. The van der Waals surface area contributed by atoms with E-state index < -0.39 is 4.92 Å². The minimum Gasteiger partial charge on any atom is -0.490 e. The molecule has 0 atom stereocenters. The highest BCUT2D eigenvalue weighted by Gasteiger charge is 2.12. The minimum absolute atomic E-state index is 0.000632. The van der Waals surface area contributed by atoms with Crippen LogP contribution in [0.4, 0.5) is 5.69 Å². The number of halogens is 2. The molecule has 0 radical (unpaired) electrons. The van der Waals surface area contributed by atoms with Crippen LogP contribution in [0.2, 0.25) is 5.02 Å². The molecule has 0 saturated heterocycles. The fourth-order valence-electron chi connectivity index (χ4n) is 2.82. The van der Waals surface area contributed by atoms with Crippen molar-refractivity contribution in [1.29, 1.82) is 0 Å². The summed E-state index contributed by atoms with van der Waals surface area (Å²) in [5, 5.41) is 15.4. The topological polar surface area (TPSA) is 103 Å². The third-order valence-corrected chi connectivity index (χ3v) is 6.58. The first-order valence-electron chi connectivity index (χ1n) is 10.4. The summed E-state index contributed by atoms with van der Waals surface area (Å²) in [6.07, 6.45) is 1.50. The molecular weight excluding hydrogens is 558 g/mol. The van der Waals surface area contributed by atoms with E-state index >= 15 is 0 Å². The van der Waals surface area contributed by atoms with E-state index in [1.807, 2.05) is 25.1 Å². The van der Waals surface area contributed by atoms with Crippen molar-refractivity contribution in [2.45, 2.75) is 18.4 Å². The van der Waals surface area contributed by atoms with Crippen molar-refractivity contribution in [1.82, 2.24) is 5.43 Å². The maximum absolute atomic E-state index is 12.1. The summed E-state index contributed by atoms with van der Waals surface area (Å²) in [5.74, 6) is 0.865. The first-order valence-corrected chi connectivity index (χ1v) is 12.5. The van der Waals surface area contributed by atoms with E-state index in [-0.39, 0.29) is 24.0 Å². The molecule has 0 aliphatic carbocycles. The Morgan fingerprint density at radius 1 is 1.17 bits per heavy atom. The number of hydrogen-bond acceptors (Lipinski definition) is 7. The zero-order valence-corrected chi connectivity index (χ0v) is 21.7. The second kappa shape index (κ2) is 13.1. The monoisotopic (exact) mass is 577 g/mol. The van der Waals surface area contributed by atoms with Crippen LogP contribution in [0.3, 0.4) is 0 Å². The summed E-state index contributed by atoms with van der Waals surface area (Å²) in [4.78, 5) is 23.1. The summed E-state index contributed by atoms with van der Waals surface area (Å²) >= 11 is 11.0. The number of rotatable bonds is 11. The van der Waals surface area contributed by atoms with Gasteiger partial charge in [-0.15, -0.1) is 11.8 Å². The molecule has 0 heterocycles. The lowest BCUT2D eigenvalue weighted by molar-refractivity contribution is -0.384. The van der Waals surface area contributed by atoms with Crippen LogP contribution in [-0.2, 0) is 11.4 Å². The van der Waals surface area contributed by atoms with Gasteiger partial charge >= 0.3 is 0 Å². The van der Waals surface area contributed by atoms with Crippen molar-refractivity contribution in [3.05, 3.63) is 91.4 Å². The number of amides is 1. The number of ether oxygens (including phenoxy) is 2. The van der Waals surface area contributed by atoms with Gasteiger partial charge in [0.25, 0.3) is 5.69 Å². The average molecular weight is 579 g/mol. The third-order valence-electron chi connectivity index (χ3n) is 4.51. The van der Waals surface area contributed by atoms with E-state index in [1.165, 1.54) is 30.1 Å². The van der Waals surface area contributed by atoms with Gasteiger partial charge in [0.15, 0.2) is 11.5 Å². The van der Waals surface area contributed by atoms with Gasteiger partial charge in [-0.3, -0.25) is 14.9 Å². The van der Waals surface area contributed by atoms with Gasteiger partial charge in [0, 0.05) is 37.7 Å². The van der Waals surface area contributed by atoms with E-state index in [2.05, 4.69) is 26.5 Å². The summed E-state index contributed by atoms with van der Waals surface area (Å²) in [7, 11) is 0. The normalized spacial score (nSPS) is 10.8. The Balaban J connectivity index is 1.59. The second-order valence-electron chi connectivity index (χ2n) is 6.97. The fourth-order valence-corrected chi connectivity index (χ4v) is 4.13. The van der Waals surface area contributed by atoms with Gasteiger partial charge < -0.3 is 9.47 Å². The van der Waals surface area contributed by atoms with Crippen LogP contribution in [0.1, 0.15) is 18.1 Å². The number of benzene rings is 3. The number of hydrogen-bond donors (Lipinski definition) is 1. The number of nitro groups is 1. The number of thioether (sulfide) groups is 1. The lowest BCUT2D eigenvalue weighted by Gasteiger charge is -2.14. The molecule has 0 spiro atoms. The summed E-state index contributed by atoms with van der Waals surface area (Å²) in [6, 6.07) is 17.0. The second-order valence-corrected chi connectivity index (χ2v) is 9.28. The van der Waals surface area contributed by atoms with Gasteiger partial charge in [-0.05, 0) is 53.2 Å². The van der Waals surface area contributed by atoms with E-state index in [4.69, 9.17) is 21.1 Å². The highest BCUT2D eigenvalue weighted by Crippen LogP contribution is 2.34. The molecule has 0 unspecified atom stereocenters. The van der Waals surface area contributed by atoms with Crippen LogP contribution in [0.5, 0.6) is 11.5 Å². The van der Waals surface area contributed by atoms with E-state index in [9.17, 15) is 14.9 Å². The van der Waals surface area contributed by atoms with E-state index in [0.717, 1.165) is 10.5 Å². The van der Waals surface area contributed by atoms with Gasteiger partial charge in [-0.25, -0.2) is 5.43 Å². The van der Waals surface area contributed by atoms with Crippen LogP contribution in [-0.4, -0.2) is 29.4 Å². The third kappa shape index (κ3) is 7.98. The first kappa shape index (κ1) is 26.5. The molecule has 0 aliphatic heterocycles. The molecule has 1 amide bonds. The molecule has 3 aromatic carbocycles. The smallest absolute Gasteiger partial charge is 0.269 e. The summed E-state index contributed by atoms with van der Waals surface area (Å²) < 4.78 is 12.4. The number of carbonyl (C=O) groups excluding carboxylic acids is 1. The minimum atomic E-state index is -0.470. The molecule has 0 aromatic heterocycles. The van der Waals surface area contributed by atoms with Crippen LogP contribution >= 0.6 is 39.3 Å². The van der Waals surface area contributed by atoms with Crippen LogP contribution in [0.25, 0.3) is 0 Å². The highest BCUT2D eigenvalue weighted by atomic mass is 79.9. The van der Waals surface area contributed by atoms with Crippen molar-refractivity contribution in [3.8, 4) is 11.5 Å². The first-order chi connectivity index (χ1) is 16.9. The maximum Gasteiger partial charge on any atom is 0.269 e. The number of nitrogens with zero attached hydrogens (tertiary/aromatic N) is 2. The molecule has 0 aliphatic rings. The Bertz CT molecular complexity index is 1220. The Morgan fingerprint density at radius 3 is 2.57 bits per heavy atom.